The van der Waals surface area contributed by atoms with Gasteiger partial charge in [-0.2, -0.15) is 5.10 Å². The fourth-order valence-electron chi connectivity index (χ4n) is 0.968. The Bertz CT molecular complexity index is 344. The zero-order chi connectivity index (χ0) is 10.6. The van der Waals surface area contributed by atoms with Gasteiger partial charge in [-0.1, -0.05) is 12.2 Å². The Labute approximate surface area is 81.8 Å². The third kappa shape index (κ3) is 2.43. The molecule has 1 heterocycles. The van der Waals surface area contributed by atoms with Gasteiger partial charge in [-0.3, -0.25) is 4.68 Å². The van der Waals surface area contributed by atoms with E-state index in [-0.39, 0.29) is 0 Å². The Kier molecular flexibility index (Phi) is 3.41. The smallest absolute Gasteiger partial charge is 0.328 e. The van der Waals surface area contributed by atoms with Gasteiger partial charge in [0.05, 0.1) is 6.20 Å². The molecule has 0 unspecified atom stereocenters. The van der Waals surface area contributed by atoms with Crippen LogP contribution in [-0.4, -0.2) is 27.4 Å². The van der Waals surface area contributed by atoms with E-state index in [9.17, 15) is 4.79 Å². The van der Waals surface area contributed by atoms with Crippen molar-refractivity contribution in [2.45, 2.75) is 13.0 Å². The van der Waals surface area contributed by atoms with Crippen molar-refractivity contribution in [3.05, 3.63) is 24.0 Å². The second kappa shape index (κ2) is 4.57. The summed E-state index contributed by atoms with van der Waals surface area (Å²) in [6.07, 6.45) is 6.86. The SMILES string of the molecule is C[C@@H](C(=O)O)n1cc(C=CCN)cn1. The molecule has 3 N–H and O–H groups in total. The summed E-state index contributed by atoms with van der Waals surface area (Å²) >= 11 is 0. The molecule has 0 amide bonds. The molecule has 0 aliphatic carbocycles. The minimum absolute atomic E-state index is 0.458. The van der Waals surface area contributed by atoms with Gasteiger partial charge in [0, 0.05) is 18.3 Å². The summed E-state index contributed by atoms with van der Waals surface area (Å²) in [6, 6.07) is -0.643. The predicted octanol–water partition coefficient (Wildman–Crippen LogP) is 0.501. The third-order valence-electron chi connectivity index (χ3n) is 1.82. The predicted molar refractivity (Wildman–Crippen MR) is 52.7 cm³/mol. The minimum atomic E-state index is -0.901. The molecule has 0 radical (unpaired) electrons. The highest BCUT2D eigenvalue weighted by Crippen LogP contribution is 2.07. The van der Waals surface area contributed by atoms with E-state index in [0.717, 1.165) is 5.56 Å². The summed E-state index contributed by atoms with van der Waals surface area (Å²) in [5, 5.41) is 12.7. The lowest BCUT2D eigenvalue weighted by Gasteiger charge is -2.04. The van der Waals surface area contributed by atoms with E-state index in [0.29, 0.717) is 6.54 Å². The summed E-state index contributed by atoms with van der Waals surface area (Å²) in [5.41, 5.74) is 6.13. The van der Waals surface area contributed by atoms with E-state index in [2.05, 4.69) is 5.10 Å². The lowest BCUT2D eigenvalue weighted by molar-refractivity contribution is -0.140. The van der Waals surface area contributed by atoms with Gasteiger partial charge in [-0.05, 0) is 6.92 Å². The second-order valence-corrected chi connectivity index (χ2v) is 2.91. The summed E-state index contributed by atoms with van der Waals surface area (Å²) in [5.74, 6) is -0.901. The number of hydrogen-bond donors (Lipinski definition) is 2. The van der Waals surface area contributed by atoms with E-state index >= 15 is 0 Å². The highest BCUT2D eigenvalue weighted by Gasteiger charge is 2.13. The fraction of sp³-hybridized carbons (Fsp3) is 0.333. The lowest BCUT2D eigenvalue weighted by atomic mass is 10.3. The molecule has 14 heavy (non-hydrogen) atoms. The molecular formula is C9H13N3O2. The number of carboxylic acids is 1. The maximum Gasteiger partial charge on any atom is 0.328 e. The molecule has 1 aromatic rings. The highest BCUT2D eigenvalue weighted by molar-refractivity contribution is 5.71. The van der Waals surface area contributed by atoms with Gasteiger partial charge in [-0.25, -0.2) is 4.79 Å². The van der Waals surface area contributed by atoms with Crippen LogP contribution in [0.25, 0.3) is 6.08 Å². The summed E-state index contributed by atoms with van der Waals surface area (Å²) in [4.78, 5) is 10.6. The number of aromatic nitrogens is 2. The van der Waals surface area contributed by atoms with E-state index in [1.807, 2.05) is 0 Å². The summed E-state index contributed by atoms with van der Waals surface area (Å²) in [7, 11) is 0. The van der Waals surface area contributed by atoms with Crippen LogP contribution in [0.5, 0.6) is 0 Å². The second-order valence-electron chi connectivity index (χ2n) is 2.91. The van der Waals surface area contributed by atoms with Crippen molar-refractivity contribution in [3.63, 3.8) is 0 Å². The topological polar surface area (TPSA) is 81.1 Å². The molecule has 0 aromatic carbocycles. The molecule has 0 aliphatic heterocycles. The van der Waals surface area contributed by atoms with Crippen molar-refractivity contribution < 1.29 is 9.90 Å². The number of carbonyl (C=O) groups is 1. The number of nitrogens with zero attached hydrogens (tertiary/aromatic N) is 2. The zero-order valence-corrected chi connectivity index (χ0v) is 7.92. The van der Waals surface area contributed by atoms with Gasteiger partial charge in [0.15, 0.2) is 0 Å². The van der Waals surface area contributed by atoms with Gasteiger partial charge in [0.1, 0.15) is 6.04 Å². The van der Waals surface area contributed by atoms with Crippen LogP contribution in [0.15, 0.2) is 18.5 Å². The Hall–Kier alpha value is -1.62. The first-order chi connectivity index (χ1) is 6.65. The van der Waals surface area contributed by atoms with Crippen molar-refractivity contribution in [2.75, 3.05) is 6.54 Å². The van der Waals surface area contributed by atoms with Crippen LogP contribution in [0.1, 0.15) is 18.5 Å². The van der Waals surface area contributed by atoms with Crippen molar-refractivity contribution in [3.8, 4) is 0 Å². The van der Waals surface area contributed by atoms with E-state index < -0.39 is 12.0 Å². The largest absolute Gasteiger partial charge is 0.480 e. The van der Waals surface area contributed by atoms with Gasteiger partial charge < -0.3 is 10.8 Å². The number of nitrogens with two attached hydrogens (primary N) is 1. The molecule has 76 valence electrons. The van der Waals surface area contributed by atoms with Crippen molar-refractivity contribution in [1.82, 2.24) is 9.78 Å². The summed E-state index contributed by atoms with van der Waals surface area (Å²) in [6.45, 7) is 2.03. The molecular weight excluding hydrogens is 182 g/mol. The quantitative estimate of drug-likeness (QED) is 0.733. The Morgan fingerprint density at radius 2 is 2.57 bits per heavy atom. The number of carboxylic acid groups (broad SMARTS) is 1. The molecule has 0 saturated carbocycles. The van der Waals surface area contributed by atoms with Crippen LogP contribution in [0, 0.1) is 0 Å². The van der Waals surface area contributed by atoms with Crippen LogP contribution in [0.4, 0.5) is 0 Å². The van der Waals surface area contributed by atoms with Crippen LogP contribution in [-0.2, 0) is 4.79 Å². The molecule has 0 spiro atoms. The standard InChI is InChI=1S/C9H13N3O2/c1-7(9(13)14)12-6-8(5-11-12)3-2-4-10/h2-3,5-7H,4,10H2,1H3,(H,13,14)/t7-/m0/s1. The average Bonchev–Trinajstić information content (AvgIpc) is 2.61. The molecule has 0 bridgehead atoms. The molecule has 0 fully saturated rings. The Morgan fingerprint density at radius 3 is 3.14 bits per heavy atom. The number of hydrogen-bond acceptors (Lipinski definition) is 3. The number of aliphatic carboxylic acids is 1. The first-order valence-corrected chi connectivity index (χ1v) is 4.28. The molecule has 0 aliphatic rings. The van der Waals surface area contributed by atoms with Crippen molar-refractivity contribution in [2.24, 2.45) is 5.73 Å². The van der Waals surface area contributed by atoms with E-state index in [1.54, 1.807) is 31.5 Å². The average molecular weight is 195 g/mol. The lowest BCUT2D eigenvalue weighted by Crippen LogP contribution is -2.15. The molecule has 1 atom stereocenters. The summed E-state index contributed by atoms with van der Waals surface area (Å²) < 4.78 is 1.40. The van der Waals surface area contributed by atoms with Crippen LogP contribution < -0.4 is 5.73 Å². The van der Waals surface area contributed by atoms with Gasteiger partial charge in [0.2, 0.25) is 0 Å². The molecule has 1 aromatic heterocycles. The van der Waals surface area contributed by atoms with Crippen LogP contribution >= 0.6 is 0 Å². The minimum Gasteiger partial charge on any atom is -0.480 e. The van der Waals surface area contributed by atoms with Gasteiger partial charge in [0.25, 0.3) is 0 Å². The monoisotopic (exact) mass is 195 g/mol. The van der Waals surface area contributed by atoms with Crippen LogP contribution in [0.2, 0.25) is 0 Å². The van der Waals surface area contributed by atoms with E-state index in [4.69, 9.17) is 10.8 Å². The highest BCUT2D eigenvalue weighted by atomic mass is 16.4. The molecule has 0 saturated heterocycles. The van der Waals surface area contributed by atoms with Crippen LogP contribution in [0.3, 0.4) is 0 Å². The Morgan fingerprint density at radius 1 is 1.86 bits per heavy atom. The molecule has 1 rings (SSSR count). The maximum atomic E-state index is 10.6. The number of rotatable bonds is 4. The van der Waals surface area contributed by atoms with Gasteiger partial charge in [-0.15, -0.1) is 0 Å². The third-order valence-corrected chi connectivity index (χ3v) is 1.82. The normalized spacial score (nSPS) is 13.3. The van der Waals surface area contributed by atoms with E-state index in [1.165, 1.54) is 4.68 Å². The van der Waals surface area contributed by atoms with Crippen molar-refractivity contribution in [1.29, 1.82) is 0 Å². The fourth-order valence-corrected chi connectivity index (χ4v) is 0.968. The molecule has 5 nitrogen and oxygen atoms in total. The Balaban J connectivity index is 2.77. The molecule has 5 heteroatoms. The van der Waals surface area contributed by atoms with Gasteiger partial charge >= 0.3 is 5.97 Å². The first kappa shape index (κ1) is 10.5. The first-order valence-electron chi connectivity index (χ1n) is 4.28. The zero-order valence-electron chi connectivity index (χ0n) is 7.92. The maximum absolute atomic E-state index is 10.6. The van der Waals surface area contributed by atoms with Crippen molar-refractivity contribution >= 4 is 12.0 Å².